The predicted octanol–water partition coefficient (Wildman–Crippen LogP) is 3.29. The molecule has 2 aromatic heterocycles. The van der Waals surface area contributed by atoms with Crippen molar-refractivity contribution >= 4 is 27.4 Å². The summed E-state index contributed by atoms with van der Waals surface area (Å²) in [7, 11) is 0. The minimum atomic E-state index is 0.988. The van der Waals surface area contributed by atoms with Crippen molar-refractivity contribution in [3.8, 4) is 0 Å². The molecule has 3 rings (SSSR count). The number of aromatic nitrogens is 2. The maximum atomic E-state index is 4.30. The summed E-state index contributed by atoms with van der Waals surface area (Å²) in [6.45, 7) is 1.03. The van der Waals surface area contributed by atoms with Crippen LogP contribution in [0.1, 0.15) is 25.7 Å². The second kappa shape index (κ2) is 4.37. The molecule has 0 bridgehead atoms. The largest absolute Gasteiger partial charge is 0.369 e. The molecule has 2 aromatic rings. The highest BCUT2D eigenvalue weighted by Crippen LogP contribution is 2.33. The predicted molar refractivity (Wildman–Crippen MR) is 67.9 cm³/mol. The third kappa shape index (κ3) is 2.16. The number of anilines is 1. The van der Waals surface area contributed by atoms with Gasteiger partial charge < -0.3 is 5.32 Å². The van der Waals surface area contributed by atoms with Gasteiger partial charge in [0.15, 0.2) is 0 Å². The maximum Gasteiger partial charge on any atom is 0.138 e. The first-order valence-electron chi connectivity index (χ1n) is 5.85. The highest BCUT2D eigenvalue weighted by atomic mass is 32.1. The summed E-state index contributed by atoms with van der Waals surface area (Å²) in [6.07, 6.45) is 7.15. The highest BCUT2D eigenvalue weighted by molar-refractivity contribution is 7.16. The SMILES string of the molecule is c1nc(NCCCC2CC2)c2ccsc2n1. The molecule has 16 heavy (non-hydrogen) atoms. The first-order chi connectivity index (χ1) is 7.93. The van der Waals surface area contributed by atoms with Crippen LogP contribution in [0.5, 0.6) is 0 Å². The molecule has 3 nitrogen and oxygen atoms in total. The fourth-order valence-electron chi connectivity index (χ4n) is 1.93. The Bertz CT molecular complexity index is 476. The molecule has 4 heteroatoms. The summed E-state index contributed by atoms with van der Waals surface area (Å²) in [5.74, 6) is 2.01. The van der Waals surface area contributed by atoms with E-state index in [-0.39, 0.29) is 0 Å². The Morgan fingerprint density at radius 1 is 1.38 bits per heavy atom. The molecule has 0 amide bonds. The summed E-state index contributed by atoms with van der Waals surface area (Å²) in [4.78, 5) is 9.60. The Morgan fingerprint density at radius 2 is 2.31 bits per heavy atom. The standard InChI is InChI=1S/C12H15N3S/c1(2-9-3-4-9)6-13-11-10-5-7-16-12(10)15-8-14-11/h5,7-9H,1-4,6H2,(H,13,14,15). The minimum absolute atomic E-state index is 0.988. The smallest absolute Gasteiger partial charge is 0.138 e. The van der Waals surface area contributed by atoms with Crippen LogP contribution in [0.4, 0.5) is 5.82 Å². The van der Waals surface area contributed by atoms with Crippen LogP contribution in [-0.2, 0) is 0 Å². The molecular formula is C12H15N3S. The summed E-state index contributed by atoms with van der Waals surface area (Å²) in [5, 5.41) is 6.63. The number of thiophene rings is 1. The summed E-state index contributed by atoms with van der Waals surface area (Å²) < 4.78 is 0. The van der Waals surface area contributed by atoms with Crippen molar-refractivity contribution < 1.29 is 0 Å². The van der Waals surface area contributed by atoms with Crippen LogP contribution in [0.2, 0.25) is 0 Å². The lowest BCUT2D eigenvalue weighted by Gasteiger charge is -2.05. The number of fused-ring (bicyclic) bond motifs is 1. The maximum absolute atomic E-state index is 4.30. The van der Waals surface area contributed by atoms with Crippen molar-refractivity contribution in [2.24, 2.45) is 5.92 Å². The minimum Gasteiger partial charge on any atom is -0.369 e. The molecule has 1 fully saturated rings. The molecule has 0 aliphatic heterocycles. The zero-order valence-corrected chi connectivity index (χ0v) is 9.96. The number of rotatable bonds is 5. The number of nitrogens with one attached hydrogen (secondary N) is 1. The van der Waals surface area contributed by atoms with E-state index in [0.29, 0.717) is 0 Å². The molecule has 84 valence electrons. The Balaban J connectivity index is 1.61. The average molecular weight is 233 g/mol. The van der Waals surface area contributed by atoms with Crippen molar-refractivity contribution in [2.75, 3.05) is 11.9 Å². The van der Waals surface area contributed by atoms with Gasteiger partial charge in [-0.25, -0.2) is 9.97 Å². The first-order valence-corrected chi connectivity index (χ1v) is 6.73. The van der Waals surface area contributed by atoms with Gasteiger partial charge in [-0.15, -0.1) is 11.3 Å². The van der Waals surface area contributed by atoms with Gasteiger partial charge in [0, 0.05) is 6.54 Å². The van der Waals surface area contributed by atoms with Gasteiger partial charge in [-0.2, -0.15) is 0 Å². The normalized spacial score (nSPS) is 15.5. The van der Waals surface area contributed by atoms with Crippen LogP contribution >= 0.6 is 11.3 Å². The van der Waals surface area contributed by atoms with Gasteiger partial charge >= 0.3 is 0 Å². The van der Waals surface area contributed by atoms with E-state index in [1.165, 1.54) is 25.7 Å². The molecule has 2 heterocycles. The van der Waals surface area contributed by atoms with E-state index in [0.717, 1.165) is 28.5 Å². The van der Waals surface area contributed by atoms with E-state index in [1.54, 1.807) is 17.7 Å². The molecule has 0 spiro atoms. The van der Waals surface area contributed by atoms with E-state index >= 15 is 0 Å². The Hall–Kier alpha value is -1.16. The fourth-order valence-corrected chi connectivity index (χ4v) is 2.67. The van der Waals surface area contributed by atoms with Crippen LogP contribution in [0.3, 0.4) is 0 Å². The average Bonchev–Trinajstić information content (AvgIpc) is 3.00. The zero-order chi connectivity index (χ0) is 10.8. The van der Waals surface area contributed by atoms with Gasteiger partial charge in [0.25, 0.3) is 0 Å². The van der Waals surface area contributed by atoms with E-state index in [4.69, 9.17) is 0 Å². The van der Waals surface area contributed by atoms with Crippen molar-refractivity contribution in [1.82, 2.24) is 9.97 Å². The molecule has 0 atom stereocenters. The Labute approximate surface area is 98.9 Å². The summed E-state index contributed by atoms with van der Waals surface area (Å²) in [5.41, 5.74) is 0. The lowest BCUT2D eigenvalue weighted by atomic mass is 10.2. The van der Waals surface area contributed by atoms with Crippen LogP contribution in [0.15, 0.2) is 17.8 Å². The summed E-state index contributed by atoms with van der Waals surface area (Å²) >= 11 is 1.66. The van der Waals surface area contributed by atoms with E-state index in [2.05, 4.69) is 26.7 Å². The highest BCUT2D eigenvalue weighted by Gasteiger charge is 2.19. The van der Waals surface area contributed by atoms with Gasteiger partial charge in [0.1, 0.15) is 17.0 Å². The van der Waals surface area contributed by atoms with Crippen LogP contribution in [0.25, 0.3) is 10.2 Å². The molecule has 0 aromatic carbocycles. The van der Waals surface area contributed by atoms with Crippen molar-refractivity contribution in [2.45, 2.75) is 25.7 Å². The molecule has 1 saturated carbocycles. The molecule has 0 saturated heterocycles. The van der Waals surface area contributed by atoms with Gasteiger partial charge in [0.2, 0.25) is 0 Å². The molecular weight excluding hydrogens is 218 g/mol. The second-order valence-electron chi connectivity index (χ2n) is 4.37. The van der Waals surface area contributed by atoms with Crippen LogP contribution in [0, 0.1) is 5.92 Å². The zero-order valence-electron chi connectivity index (χ0n) is 9.15. The van der Waals surface area contributed by atoms with E-state index in [9.17, 15) is 0 Å². The van der Waals surface area contributed by atoms with E-state index in [1.807, 2.05) is 0 Å². The Kier molecular flexibility index (Phi) is 2.74. The molecule has 1 aliphatic carbocycles. The van der Waals surface area contributed by atoms with Gasteiger partial charge in [-0.05, 0) is 30.2 Å². The second-order valence-corrected chi connectivity index (χ2v) is 5.27. The Morgan fingerprint density at radius 3 is 3.19 bits per heavy atom. The monoisotopic (exact) mass is 233 g/mol. The first kappa shape index (κ1) is 10.0. The molecule has 0 radical (unpaired) electrons. The van der Waals surface area contributed by atoms with E-state index < -0.39 is 0 Å². The van der Waals surface area contributed by atoms with Gasteiger partial charge in [-0.3, -0.25) is 0 Å². The fraction of sp³-hybridized carbons (Fsp3) is 0.500. The number of nitrogens with zero attached hydrogens (tertiary/aromatic N) is 2. The topological polar surface area (TPSA) is 37.8 Å². The lowest BCUT2D eigenvalue weighted by Crippen LogP contribution is -2.03. The molecule has 1 aliphatic rings. The number of hydrogen-bond donors (Lipinski definition) is 1. The summed E-state index contributed by atoms with van der Waals surface area (Å²) in [6, 6.07) is 2.09. The van der Waals surface area contributed by atoms with Gasteiger partial charge in [0.05, 0.1) is 5.39 Å². The van der Waals surface area contributed by atoms with Crippen molar-refractivity contribution in [3.63, 3.8) is 0 Å². The van der Waals surface area contributed by atoms with Gasteiger partial charge in [-0.1, -0.05) is 12.8 Å². The molecule has 1 N–H and O–H groups in total. The molecule has 0 unspecified atom stereocenters. The lowest BCUT2D eigenvalue weighted by molar-refractivity contribution is 0.687. The number of hydrogen-bond acceptors (Lipinski definition) is 4. The third-order valence-electron chi connectivity index (χ3n) is 3.04. The van der Waals surface area contributed by atoms with Crippen LogP contribution in [-0.4, -0.2) is 16.5 Å². The quantitative estimate of drug-likeness (QED) is 0.805. The van der Waals surface area contributed by atoms with Crippen LogP contribution < -0.4 is 5.32 Å². The van der Waals surface area contributed by atoms with Crippen molar-refractivity contribution in [1.29, 1.82) is 0 Å². The van der Waals surface area contributed by atoms with Crippen molar-refractivity contribution in [3.05, 3.63) is 17.8 Å². The third-order valence-corrected chi connectivity index (χ3v) is 3.86.